The maximum atomic E-state index is 13.4. The molecule has 7 heteroatoms. The number of carbonyl (C=O) groups excluding carboxylic acids is 1. The lowest BCUT2D eigenvalue weighted by molar-refractivity contribution is -0.133. The number of aliphatic hydroxyl groups excluding tert-OH is 1. The van der Waals surface area contributed by atoms with Gasteiger partial charge in [-0.2, -0.15) is 0 Å². The van der Waals surface area contributed by atoms with Gasteiger partial charge in [-0.15, -0.1) is 0 Å². The van der Waals surface area contributed by atoms with E-state index in [0.29, 0.717) is 26.1 Å². The Morgan fingerprint density at radius 1 is 1.13 bits per heavy atom. The predicted octanol–water partition coefficient (Wildman–Crippen LogP) is 5.99. The zero-order valence-electron chi connectivity index (χ0n) is 23.9. The van der Waals surface area contributed by atoms with Crippen LogP contribution in [-0.4, -0.2) is 55.0 Å². The quantitative estimate of drug-likeness (QED) is 0.341. The van der Waals surface area contributed by atoms with Crippen LogP contribution in [0.4, 0.5) is 0 Å². The fourth-order valence-electron chi connectivity index (χ4n) is 4.78. The van der Waals surface area contributed by atoms with Crippen LogP contribution in [-0.2, 0) is 21.2 Å². The molecular weight excluding hydrogens is 492 g/mol. The minimum absolute atomic E-state index is 0.0521. The molecule has 2 atom stereocenters. The summed E-state index contributed by atoms with van der Waals surface area (Å²) in [6, 6.07) is 18.0. The van der Waals surface area contributed by atoms with Crippen LogP contribution < -0.4 is 4.74 Å². The summed E-state index contributed by atoms with van der Waals surface area (Å²) in [7, 11) is -1.95. The smallest absolute Gasteiger partial charge is 0.233 e. The van der Waals surface area contributed by atoms with Crippen molar-refractivity contribution in [3.63, 3.8) is 0 Å². The van der Waals surface area contributed by atoms with Gasteiger partial charge in [-0.05, 0) is 68.2 Å². The van der Waals surface area contributed by atoms with E-state index in [-0.39, 0.29) is 17.6 Å². The van der Waals surface area contributed by atoms with Gasteiger partial charge in [0.15, 0.2) is 8.32 Å². The van der Waals surface area contributed by atoms with Crippen molar-refractivity contribution < 1.29 is 19.1 Å². The number of benzene rings is 2. The molecule has 1 N–H and O–H groups in total. The number of hydrogen-bond donors (Lipinski definition) is 1. The number of nitrogens with zero attached hydrogens (tertiary/aromatic N) is 2. The number of amides is 1. The third kappa shape index (κ3) is 5.95. The van der Waals surface area contributed by atoms with Crippen molar-refractivity contribution in [2.24, 2.45) is 0 Å². The molecule has 6 nitrogen and oxygen atoms in total. The molecule has 38 heavy (non-hydrogen) atoms. The van der Waals surface area contributed by atoms with E-state index in [1.807, 2.05) is 56.3 Å². The maximum Gasteiger partial charge on any atom is 0.233 e. The highest BCUT2D eigenvalue weighted by atomic mass is 28.4. The Morgan fingerprint density at radius 2 is 1.82 bits per heavy atom. The van der Waals surface area contributed by atoms with Crippen molar-refractivity contribution in [1.82, 2.24) is 9.88 Å². The van der Waals surface area contributed by atoms with E-state index in [0.717, 1.165) is 33.5 Å². The second kappa shape index (κ2) is 10.8. The summed E-state index contributed by atoms with van der Waals surface area (Å²) in [4.78, 5) is 19.8. The number of ether oxygens (including phenoxy) is 1. The van der Waals surface area contributed by atoms with Crippen molar-refractivity contribution in [1.29, 1.82) is 0 Å². The number of carbonyl (C=O) groups is 1. The molecule has 1 saturated heterocycles. The minimum Gasteiger partial charge on any atom is -0.489 e. The molecule has 0 radical (unpaired) electrons. The fraction of sp³-hybridized carbons (Fsp3) is 0.484. The number of aliphatic hydroxyl groups is 1. The summed E-state index contributed by atoms with van der Waals surface area (Å²) in [5.74, 6) is 0.813. The van der Waals surface area contributed by atoms with Crippen LogP contribution in [0.5, 0.6) is 5.75 Å². The summed E-state index contributed by atoms with van der Waals surface area (Å²) in [5.41, 5.74) is 3.38. The lowest BCUT2D eigenvalue weighted by Gasteiger charge is -2.37. The van der Waals surface area contributed by atoms with E-state index in [4.69, 9.17) is 9.16 Å². The van der Waals surface area contributed by atoms with Crippen molar-refractivity contribution in [2.75, 3.05) is 19.7 Å². The van der Waals surface area contributed by atoms with Crippen LogP contribution in [0, 0.1) is 6.92 Å². The number of rotatable bonds is 9. The lowest BCUT2D eigenvalue weighted by Crippen LogP contribution is -2.45. The number of pyridine rings is 1. The SMILES string of the molecule is Cc1cc(COc2ccc(C3(C)CCN(CC(O)CO[Si](C)(C)C(C)(C)C)C3=O)cc2)c2ccccc2n1. The number of hydrogen-bond acceptors (Lipinski definition) is 5. The fourth-order valence-corrected chi connectivity index (χ4v) is 5.82. The number of aryl methyl sites for hydroxylation is 1. The number of likely N-dealkylation sites (tertiary alicyclic amines) is 1. The summed E-state index contributed by atoms with van der Waals surface area (Å²) in [5, 5.41) is 11.8. The highest BCUT2D eigenvalue weighted by Gasteiger charge is 2.44. The highest BCUT2D eigenvalue weighted by Crippen LogP contribution is 2.38. The van der Waals surface area contributed by atoms with Gasteiger partial charge in [-0.1, -0.05) is 51.1 Å². The molecular formula is C31H42N2O4Si. The van der Waals surface area contributed by atoms with Crippen LogP contribution in [0.1, 0.15) is 50.9 Å². The zero-order chi connectivity index (χ0) is 27.7. The molecule has 2 unspecified atom stereocenters. The first-order chi connectivity index (χ1) is 17.8. The second-order valence-corrected chi connectivity index (χ2v) is 17.1. The Balaban J connectivity index is 1.37. The standard InChI is InChI=1S/C31H42N2O4Si/c1-22-18-23(27-10-8-9-11-28(27)32-22)20-36-26-14-12-24(13-15-26)31(5)16-17-33(29(31)35)19-25(34)21-37-38(6,7)30(2,3)4/h8-15,18,25,34H,16-17,19-21H2,1-7H3. The van der Waals surface area contributed by atoms with Gasteiger partial charge in [0, 0.05) is 29.7 Å². The van der Waals surface area contributed by atoms with Gasteiger partial charge >= 0.3 is 0 Å². The third-order valence-corrected chi connectivity index (χ3v) is 12.8. The van der Waals surface area contributed by atoms with Gasteiger partial charge in [0.2, 0.25) is 5.91 Å². The van der Waals surface area contributed by atoms with Crippen molar-refractivity contribution in [3.05, 3.63) is 71.4 Å². The third-order valence-electron chi connectivity index (χ3n) is 8.33. The van der Waals surface area contributed by atoms with Gasteiger partial charge in [-0.3, -0.25) is 9.78 Å². The Kier molecular flexibility index (Phi) is 8.03. The van der Waals surface area contributed by atoms with Crippen LogP contribution >= 0.6 is 0 Å². The molecule has 4 rings (SSSR count). The molecule has 204 valence electrons. The number of β-amino-alcohol motifs (C(OH)–C–C–N with tert-alkyl or cyclic N) is 1. The van der Waals surface area contributed by atoms with E-state index in [2.05, 4.69) is 51.0 Å². The molecule has 0 aliphatic carbocycles. The van der Waals surface area contributed by atoms with E-state index in [1.54, 1.807) is 4.90 Å². The molecule has 1 fully saturated rings. The van der Waals surface area contributed by atoms with E-state index >= 15 is 0 Å². The molecule has 1 amide bonds. The Morgan fingerprint density at radius 3 is 2.50 bits per heavy atom. The maximum absolute atomic E-state index is 13.4. The molecule has 2 heterocycles. The first-order valence-corrected chi connectivity index (χ1v) is 16.4. The minimum atomic E-state index is -1.95. The van der Waals surface area contributed by atoms with Crippen LogP contribution in [0.3, 0.4) is 0 Å². The largest absolute Gasteiger partial charge is 0.489 e. The van der Waals surface area contributed by atoms with E-state index in [1.165, 1.54) is 0 Å². The molecule has 0 saturated carbocycles. The summed E-state index contributed by atoms with van der Waals surface area (Å²) in [6.45, 7) is 16.5. The number of para-hydroxylation sites is 1. The molecule has 3 aromatic rings. The first kappa shape index (κ1) is 28.3. The first-order valence-electron chi connectivity index (χ1n) is 13.5. The zero-order valence-corrected chi connectivity index (χ0v) is 24.9. The predicted molar refractivity (Wildman–Crippen MR) is 155 cm³/mol. The van der Waals surface area contributed by atoms with Crippen molar-refractivity contribution >= 4 is 25.1 Å². The normalized spacial score (nSPS) is 19.3. The molecule has 1 aliphatic rings. The van der Waals surface area contributed by atoms with Crippen LogP contribution in [0.2, 0.25) is 18.1 Å². The Hall–Kier alpha value is -2.74. The Bertz CT molecular complexity index is 1290. The molecule has 2 aromatic carbocycles. The average molecular weight is 535 g/mol. The van der Waals surface area contributed by atoms with Gasteiger partial charge in [0.05, 0.1) is 23.6 Å². The number of aromatic nitrogens is 1. The van der Waals surface area contributed by atoms with Crippen molar-refractivity contribution in [3.8, 4) is 5.75 Å². The number of fused-ring (bicyclic) bond motifs is 1. The topological polar surface area (TPSA) is 71.9 Å². The monoisotopic (exact) mass is 534 g/mol. The van der Waals surface area contributed by atoms with Gasteiger partial charge in [0.1, 0.15) is 12.4 Å². The molecule has 0 bridgehead atoms. The van der Waals surface area contributed by atoms with Gasteiger partial charge in [-0.25, -0.2) is 0 Å². The van der Waals surface area contributed by atoms with Crippen molar-refractivity contribution in [2.45, 2.75) is 77.3 Å². The Labute approximate surface area is 228 Å². The van der Waals surface area contributed by atoms with Gasteiger partial charge < -0.3 is 19.2 Å². The van der Waals surface area contributed by atoms with Crippen LogP contribution in [0.15, 0.2) is 54.6 Å². The van der Waals surface area contributed by atoms with Gasteiger partial charge in [0.25, 0.3) is 0 Å². The average Bonchev–Trinajstić information content (AvgIpc) is 3.15. The summed E-state index contributed by atoms with van der Waals surface area (Å²) >= 11 is 0. The summed E-state index contributed by atoms with van der Waals surface area (Å²) < 4.78 is 12.3. The lowest BCUT2D eigenvalue weighted by atomic mass is 9.81. The van der Waals surface area contributed by atoms with E-state index in [9.17, 15) is 9.90 Å². The van der Waals surface area contributed by atoms with E-state index < -0.39 is 19.8 Å². The second-order valence-electron chi connectivity index (χ2n) is 12.3. The summed E-state index contributed by atoms with van der Waals surface area (Å²) in [6.07, 6.45) is 0.0172. The molecule has 1 aromatic heterocycles. The molecule has 0 spiro atoms. The highest BCUT2D eigenvalue weighted by molar-refractivity contribution is 6.74. The molecule has 1 aliphatic heterocycles. The van der Waals surface area contributed by atoms with Crippen LogP contribution in [0.25, 0.3) is 10.9 Å².